The molecular weight excluding hydrogens is 238 g/mol. The molecule has 4 heteroatoms. The first-order valence-electron chi connectivity index (χ1n) is 6.52. The van der Waals surface area contributed by atoms with E-state index in [0.717, 1.165) is 31.5 Å². The molecular formula is C15H17N3O. The van der Waals surface area contributed by atoms with Crippen LogP contribution in [0.2, 0.25) is 0 Å². The third-order valence-corrected chi connectivity index (χ3v) is 3.12. The molecule has 1 aliphatic heterocycles. The lowest BCUT2D eigenvalue weighted by atomic mass is 10.1. The number of nitrogens with one attached hydrogen (secondary N) is 1. The fraction of sp³-hybridized carbons (Fsp3) is 0.333. The lowest BCUT2D eigenvalue weighted by molar-refractivity contribution is -0.121. The molecule has 1 amide bonds. The van der Waals surface area contributed by atoms with Gasteiger partial charge < -0.3 is 0 Å². The first kappa shape index (κ1) is 13.3. The van der Waals surface area contributed by atoms with E-state index in [-0.39, 0.29) is 5.91 Å². The summed E-state index contributed by atoms with van der Waals surface area (Å²) in [5, 5.41) is 10.9. The van der Waals surface area contributed by atoms with Gasteiger partial charge in [0.2, 0.25) is 0 Å². The number of amides is 1. The second kappa shape index (κ2) is 6.72. The Bertz CT molecular complexity index is 510. The molecule has 0 aliphatic carbocycles. The summed E-state index contributed by atoms with van der Waals surface area (Å²) in [5.41, 5.74) is 4.19. The minimum absolute atomic E-state index is 0.144. The average Bonchev–Trinajstić information content (AvgIpc) is 2.46. The van der Waals surface area contributed by atoms with Crippen molar-refractivity contribution in [3.05, 3.63) is 41.5 Å². The normalized spacial score (nSPS) is 16.2. The van der Waals surface area contributed by atoms with Crippen molar-refractivity contribution in [2.75, 3.05) is 13.1 Å². The van der Waals surface area contributed by atoms with E-state index in [4.69, 9.17) is 5.26 Å². The second-order valence-electron chi connectivity index (χ2n) is 4.56. The first-order chi connectivity index (χ1) is 9.29. The second-order valence-corrected chi connectivity index (χ2v) is 4.56. The Morgan fingerprint density at radius 3 is 2.74 bits per heavy atom. The van der Waals surface area contributed by atoms with Gasteiger partial charge in [0.05, 0.1) is 11.6 Å². The molecule has 0 atom stereocenters. The molecule has 0 radical (unpaired) electrons. The van der Waals surface area contributed by atoms with Crippen LogP contribution in [-0.4, -0.2) is 24.0 Å². The summed E-state index contributed by atoms with van der Waals surface area (Å²) < 4.78 is 0. The van der Waals surface area contributed by atoms with Crippen LogP contribution < -0.4 is 5.43 Å². The van der Waals surface area contributed by atoms with Gasteiger partial charge in [0.15, 0.2) is 0 Å². The van der Waals surface area contributed by atoms with Crippen molar-refractivity contribution < 1.29 is 4.79 Å². The Morgan fingerprint density at radius 2 is 2.00 bits per heavy atom. The van der Waals surface area contributed by atoms with Gasteiger partial charge in [-0.1, -0.05) is 24.6 Å². The summed E-state index contributed by atoms with van der Waals surface area (Å²) in [5.74, 6) is -0.144. The monoisotopic (exact) mass is 255 g/mol. The lowest BCUT2D eigenvalue weighted by Gasteiger charge is -2.26. The average molecular weight is 255 g/mol. The zero-order valence-corrected chi connectivity index (χ0v) is 10.8. The maximum absolute atomic E-state index is 11.8. The number of piperidine rings is 1. The summed E-state index contributed by atoms with van der Waals surface area (Å²) >= 11 is 0. The van der Waals surface area contributed by atoms with Crippen LogP contribution >= 0.6 is 0 Å². The maximum Gasteiger partial charge on any atom is 0.258 e. The Balaban J connectivity index is 1.94. The van der Waals surface area contributed by atoms with Crippen LogP contribution in [0.3, 0.4) is 0 Å². The van der Waals surface area contributed by atoms with E-state index in [1.54, 1.807) is 12.1 Å². The standard InChI is InChI=1S/C15H17N3O/c16-12-14-7-3-2-6-13(14)8-9-15(19)17-18-10-4-1-5-11-18/h2-3,6-9H,1,4-5,10-11H2,(H,17,19)/b9-8+. The Hall–Kier alpha value is -2.12. The lowest BCUT2D eigenvalue weighted by Crippen LogP contribution is -2.44. The summed E-state index contributed by atoms with van der Waals surface area (Å²) in [6, 6.07) is 9.33. The predicted octanol–water partition coefficient (Wildman–Crippen LogP) is 2.09. The van der Waals surface area contributed by atoms with E-state index in [9.17, 15) is 4.79 Å². The fourth-order valence-electron chi connectivity index (χ4n) is 2.11. The molecule has 0 unspecified atom stereocenters. The fourth-order valence-corrected chi connectivity index (χ4v) is 2.11. The zero-order valence-electron chi connectivity index (χ0n) is 10.8. The highest BCUT2D eigenvalue weighted by atomic mass is 16.2. The number of hydrazine groups is 1. The molecule has 1 fully saturated rings. The molecule has 98 valence electrons. The maximum atomic E-state index is 11.8. The molecule has 19 heavy (non-hydrogen) atoms. The van der Waals surface area contributed by atoms with Gasteiger partial charge in [-0.3, -0.25) is 10.2 Å². The summed E-state index contributed by atoms with van der Waals surface area (Å²) in [4.78, 5) is 11.8. The molecule has 1 aromatic rings. The molecule has 0 bridgehead atoms. The van der Waals surface area contributed by atoms with Gasteiger partial charge in [-0.15, -0.1) is 0 Å². The molecule has 0 spiro atoms. The van der Waals surface area contributed by atoms with Gasteiger partial charge in [-0.2, -0.15) is 5.26 Å². The van der Waals surface area contributed by atoms with Gasteiger partial charge >= 0.3 is 0 Å². The van der Waals surface area contributed by atoms with Gasteiger partial charge in [0.25, 0.3) is 5.91 Å². The van der Waals surface area contributed by atoms with E-state index in [1.165, 1.54) is 12.5 Å². The Kier molecular flexibility index (Phi) is 4.71. The van der Waals surface area contributed by atoms with Crippen LogP contribution in [0.15, 0.2) is 30.3 Å². The first-order valence-corrected chi connectivity index (χ1v) is 6.52. The van der Waals surface area contributed by atoms with E-state index >= 15 is 0 Å². The minimum Gasteiger partial charge on any atom is -0.285 e. The highest BCUT2D eigenvalue weighted by molar-refractivity contribution is 5.91. The zero-order chi connectivity index (χ0) is 13.5. The SMILES string of the molecule is N#Cc1ccccc1/C=C/C(=O)NN1CCCCC1. The number of carbonyl (C=O) groups excluding carboxylic acids is 1. The largest absolute Gasteiger partial charge is 0.285 e. The Morgan fingerprint density at radius 1 is 1.26 bits per heavy atom. The number of rotatable bonds is 3. The van der Waals surface area contributed by atoms with Crippen molar-refractivity contribution in [2.45, 2.75) is 19.3 Å². The highest BCUT2D eigenvalue weighted by Gasteiger charge is 2.10. The van der Waals surface area contributed by atoms with Crippen molar-refractivity contribution in [3.63, 3.8) is 0 Å². The third-order valence-electron chi connectivity index (χ3n) is 3.12. The molecule has 1 N–H and O–H groups in total. The molecule has 2 rings (SSSR count). The molecule has 0 saturated carbocycles. The number of carbonyl (C=O) groups is 1. The quantitative estimate of drug-likeness (QED) is 0.841. The van der Waals surface area contributed by atoms with Crippen LogP contribution in [0.25, 0.3) is 6.08 Å². The topological polar surface area (TPSA) is 56.1 Å². The summed E-state index contributed by atoms with van der Waals surface area (Å²) in [6.07, 6.45) is 6.64. The van der Waals surface area contributed by atoms with E-state index in [0.29, 0.717) is 5.56 Å². The van der Waals surface area contributed by atoms with Crippen molar-refractivity contribution in [3.8, 4) is 6.07 Å². The molecule has 1 heterocycles. The number of hydrogen-bond acceptors (Lipinski definition) is 3. The van der Waals surface area contributed by atoms with Crippen molar-refractivity contribution in [2.24, 2.45) is 0 Å². The van der Waals surface area contributed by atoms with Crippen LogP contribution in [0.4, 0.5) is 0 Å². The van der Waals surface area contributed by atoms with Gasteiger partial charge in [-0.25, -0.2) is 5.01 Å². The Labute approximate surface area is 113 Å². The van der Waals surface area contributed by atoms with Gasteiger partial charge in [0, 0.05) is 19.2 Å². The minimum atomic E-state index is -0.144. The molecule has 1 aliphatic rings. The molecule has 1 saturated heterocycles. The van der Waals surface area contributed by atoms with Gasteiger partial charge in [0.1, 0.15) is 0 Å². The highest BCUT2D eigenvalue weighted by Crippen LogP contribution is 2.09. The van der Waals surface area contributed by atoms with Crippen molar-refractivity contribution in [1.29, 1.82) is 5.26 Å². The van der Waals surface area contributed by atoms with Crippen LogP contribution in [0, 0.1) is 11.3 Å². The molecule has 0 aromatic heterocycles. The number of hydrogen-bond donors (Lipinski definition) is 1. The molecule has 4 nitrogen and oxygen atoms in total. The van der Waals surface area contributed by atoms with Crippen molar-refractivity contribution in [1.82, 2.24) is 10.4 Å². The van der Waals surface area contributed by atoms with E-state index < -0.39 is 0 Å². The van der Waals surface area contributed by atoms with Crippen molar-refractivity contribution >= 4 is 12.0 Å². The third kappa shape index (κ3) is 3.94. The van der Waals surface area contributed by atoms with E-state index in [2.05, 4.69) is 11.5 Å². The predicted molar refractivity (Wildman–Crippen MR) is 73.8 cm³/mol. The van der Waals surface area contributed by atoms with Gasteiger partial charge in [-0.05, 0) is 30.5 Å². The van der Waals surface area contributed by atoms with Crippen LogP contribution in [0.1, 0.15) is 30.4 Å². The summed E-state index contributed by atoms with van der Waals surface area (Å²) in [6.45, 7) is 1.82. The molecule has 1 aromatic carbocycles. The number of nitrogens with zero attached hydrogens (tertiary/aromatic N) is 2. The van der Waals surface area contributed by atoms with Crippen LogP contribution in [0.5, 0.6) is 0 Å². The van der Waals surface area contributed by atoms with Crippen LogP contribution in [-0.2, 0) is 4.79 Å². The number of nitriles is 1. The smallest absolute Gasteiger partial charge is 0.258 e. The summed E-state index contributed by atoms with van der Waals surface area (Å²) in [7, 11) is 0. The number of benzene rings is 1. The van der Waals surface area contributed by atoms with E-state index in [1.807, 2.05) is 23.2 Å².